The lowest BCUT2D eigenvalue weighted by Gasteiger charge is -2.16. The lowest BCUT2D eigenvalue weighted by Crippen LogP contribution is -2.25. The van der Waals surface area contributed by atoms with E-state index in [2.05, 4.69) is 65.2 Å². The number of anilines is 1. The largest absolute Gasteiger partial charge is 0.381 e. The third kappa shape index (κ3) is 2.41. The average molecular weight is 283 g/mol. The maximum atomic E-state index is 3.64. The van der Waals surface area contributed by atoms with Crippen molar-refractivity contribution in [2.75, 3.05) is 18.9 Å². The van der Waals surface area contributed by atoms with Crippen LogP contribution in [0.4, 0.5) is 5.69 Å². The second-order valence-electron chi connectivity index (χ2n) is 4.78. The first-order valence-corrected chi connectivity index (χ1v) is 6.59. The molecule has 2 rings (SSSR count). The molecule has 1 aliphatic rings. The molecule has 0 aliphatic carbocycles. The molecule has 1 aromatic carbocycles. The molecule has 88 valence electrons. The average Bonchev–Trinajstić information content (AvgIpc) is 2.54. The van der Waals surface area contributed by atoms with E-state index < -0.39 is 0 Å². The van der Waals surface area contributed by atoms with Crippen molar-refractivity contribution >= 4 is 21.6 Å². The topological polar surface area (TPSA) is 15.3 Å². The zero-order valence-electron chi connectivity index (χ0n) is 10.1. The number of likely N-dealkylation sites (N-methyl/N-ethyl adjacent to an activating group) is 1. The Balaban J connectivity index is 2.08. The molecular formula is C13H19BrN2. The summed E-state index contributed by atoms with van der Waals surface area (Å²) in [6, 6.07) is 7.59. The summed E-state index contributed by atoms with van der Waals surface area (Å²) in [7, 11) is 2.19. The highest BCUT2D eigenvalue weighted by molar-refractivity contribution is 9.10. The monoisotopic (exact) mass is 282 g/mol. The minimum Gasteiger partial charge on any atom is -0.381 e. The summed E-state index contributed by atoms with van der Waals surface area (Å²) < 4.78 is 1.18. The summed E-state index contributed by atoms with van der Waals surface area (Å²) in [4.78, 5) is 2.41. The van der Waals surface area contributed by atoms with E-state index in [4.69, 9.17) is 0 Å². The fraction of sp³-hybridized carbons (Fsp3) is 0.538. The molecule has 1 fully saturated rings. The Morgan fingerprint density at radius 1 is 1.44 bits per heavy atom. The van der Waals surface area contributed by atoms with Crippen molar-refractivity contribution in [3.8, 4) is 0 Å². The molecule has 1 aliphatic heterocycles. The number of benzene rings is 1. The lowest BCUT2D eigenvalue weighted by atomic mass is 10.1. The summed E-state index contributed by atoms with van der Waals surface area (Å²) in [6.45, 7) is 5.57. The van der Waals surface area contributed by atoms with Crippen LogP contribution < -0.4 is 5.32 Å². The number of hydrogen-bond acceptors (Lipinski definition) is 2. The maximum Gasteiger partial charge on any atom is 0.0403 e. The molecule has 2 atom stereocenters. The normalized spacial score (nSPS) is 26.0. The third-order valence-electron chi connectivity index (χ3n) is 3.51. The van der Waals surface area contributed by atoms with Gasteiger partial charge >= 0.3 is 0 Å². The number of hydrogen-bond donors (Lipinski definition) is 1. The molecule has 0 aromatic heterocycles. The lowest BCUT2D eigenvalue weighted by molar-refractivity contribution is 0.330. The van der Waals surface area contributed by atoms with E-state index in [0.29, 0.717) is 12.1 Å². The first-order valence-electron chi connectivity index (χ1n) is 5.80. The molecule has 2 nitrogen and oxygen atoms in total. The third-order valence-corrected chi connectivity index (χ3v) is 4.37. The van der Waals surface area contributed by atoms with Crippen molar-refractivity contribution in [1.29, 1.82) is 0 Å². The molecule has 1 heterocycles. The highest BCUT2D eigenvalue weighted by atomic mass is 79.9. The standard InChI is InChI=1S/C13H19BrN2/c1-9-7-11(8-16(9)3)15-13-6-4-5-12(14)10(13)2/h4-6,9,11,15H,7-8H2,1-3H3. The molecule has 16 heavy (non-hydrogen) atoms. The summed E-state index contributed by atoms with van der Waals surface area (Å²) >= 11 is 3.57. The first kappa shape index (κ1) is 11.9. The van der Waals surface area contributed by atoms with Gasteiger partial charge in [0.1, 0.15) is 0 Å². The van der Waals surface area contributed by atoms with Crippen LogP contribution in [-0.2, 0) is 0 Å². The van der Waals surface area contributed by atoms with Gasteiger partial charge in [-0.15, -0.1) is 0 Å². The molecule has 0 radical (unpaired) electrons. The first-order chi connectivity index (χ1) is 7.58. The van der Waals surface area contributed by atoms with Crippen LogP contribution in [-0.4, -0.2) is 30.6 Å². The van der Waals surface area contributed by atoms with E-state index in [9.17, 15) is 0 Å². The van der Waals surface area contributed by atoms with Gasteiger partial charge < -0.3 is 10.2 Å². The molecule has 0 bridgehead atoms. The Morgan fingerprint density at radius 3 is 2.81 bits per heavy atom. The second kappa shape index (κ2) is 4.76. The molecule has 0 amide bonds. The Labute approximate surface area is 106 Å². The van der Waals surface area contributed by atoms with E-state index >= 15 is 0 Å². The second-order valence-corrected chi connectivity index (χ2v) is 5.63. The van der Waals surface area contributed by atoms with Gasteiger partial charge in [0.15, 0.2) is 0 Å². The fourth-order valence-corrected chi connectivity index (χ4v) is 2.65. The SMILES string of the molecule is Cc1c(Br)cccc1NC1CC(C)N(C)C1. The van der Waals surface area contributed by atoms with E-state index in [0.717, 1.165) is 6.54 Å². The quantitative estimate of drug-likeness (QED) is 0.896. The van der Waals surface area contributed by atoms with Gasteiger partial charge in [-0.05, 0) is 45.0 Å². The van der Waals surface area contributed by atoms with Gasteiger partial charge in [0, 0.05) is 28.8 Å². The number of likely N-dealkylation sites (tertiary alicyclic amines) is 1. The van der Waals surface area contributed by atoms with Crippen LogP contribution in [0.3, 0.4) is 0 Å². The Morgan fingerprint density at radius 2 is 2.19 bits per heavy atom. The Hall–Kier alpha value is -0.540. The summed E-state index contributed by atoms with van der Waals surface area (Å²) in [6.07, 6.45) is 1.22. The van der Waals surface area contributed by atoms with Crippen molar-refractivity contribution in [2.45, 2.75) is 32.4 Å². The zero-order chi connectivity index (χ0) is 11.7. The molecular weight excluding hydrogens is 264 g/mol. The van der Waals surface area contributed by atoms with Gasteiger partial charge in [0.2, 0.25) is 0 Å². The summed E-state index contributed by atoms with van der Waals surface area (Å²) in [5, 5.41) is 3.64. The van der Waals surface area contributed by atoms with Crippen molar-refractivity contribution < 1.29 is 0 Å². The van der Waals surface area contributed by atoms with Gasteiger partial charge in [-0.1, -0.05) is 22.0 Å². The smallest absolute Gasteiger partial charge is 0.0403 e. The van der Waals surface area contributed by atoms with Gasteiger partial charge in [-0.2, -0.15) is 0 Å². The molecule has 3 heteroatoms. The molecule has 0 spiro atoms. The minimum absolute atomic E-state index is 0.577. The highest BCUT2D eigenvalue weighted by Gasteiger charge is 2.26. The highest BCUT2D eigenvalue weighted by Crippen LogP contribution is 2.26. The van der Waals surface area contributed by atoms with Crippen molar-refractivity contribution in [3.05, 3.63) is 28.2 Å². The number of halogens is 1. The molecule has 0 saturated carbocycles. The van der Waals surface area contributed by atoms with Gasteiger partial charge in [0.05, 0.1) is 0 Å². The number of rotatable bonds is 2. The van der Waals surface area contributed by atoms with E-state index in [1.807, 2.05) is 0 Å². The van der Waals surface area contributed by atoms with Crippen molar-refractivity contribution in [2.24, 2.45) is 0 Å². The van der Waals surface area contributed by atoms with Crippen LogP contribution in [0.15, 0.2) is 22.7 Å². The van der Waals surface area contributed by atoms with Crippen LogP contribution in [0.5, 0.6) is 0 Å². The molecule has 1 N–H and O–H groups in total. The predicted octanol–water partition coefficient (Wildman–Crippen LogP) is 3.26. The van der Waals surface area contributed by atoms with Crippen LogP contribution in [0.25, 0.3) is 0 Å². The zero-order valence-corrected chi connectivity index (χ0v) is 11.7. The maximum absolute atomic E-state index is 3.64. The number of nitrogens with one attached hydrogen (secondary N) is 1. The number of nitrogens with zero attached hydrogens (tertiary/aromatic N) is 1. The molecule has 1 saturated heterocycles. The van der Waals surface area contributed by atoms with E-state index in [-0.39, 0.29) is 0 Å². The van der Waals surface area contributed by atoms with Gasteiger partial charge in [0.25, 0.3) is 0 Å². The molecule has 2 unspecified atom stereocenters. The van der Waals surface area contributed by atoms with Crippen molar-refractivity contribution in [1.82, 2.24) is 4.90 Å². The van der Waals surface area contributed by atoms with Crippen LogP contribution in [0, 0.1) is 6.92 Å². The van der Waals surface area contributed by atoms with E-state index in [1.165, 1.54) is 22.1 Å². The predicted molar refractivity (Wildman–Crippen MR) is 73.0 cm³/mol. The van der Waals surface area contributed by atoms with Crippen LogP contribution >= 0.6 is 15.9 Å². The van der Waals surface area contributed by atoms with Crippen molar-refractivity contribution in [3.63, 3.8) is 0 Å². The Kier molecular flexibility index (Phi) is 3.55. The van der Waals surface area contributed by atoms with Crippen LogP contribution in [0.2, 0.25) is 0 Å². The van der Waals surface area contributed by atoms with Crippen LogP contribution in [0.1, 0.15) is 18.9 Å². The summed E-state index contributed by atoms with van der Waals surface area (Å²) in [5.41, 5.74) is 2.55. The Bertz CT molecular complexity index is 368. The van der Waals surface area contributed by atoms with E-state index in [1.54, 1.807) is 0 Å². The summed E-state index contributed by atoms with van der Waals surface area (Å²) in [5.74, 6) is 0. The molecule has 1 aromatic rings. The van der Waals surface area contributed by atoms with Gasteiger partial charge in [-0.3, -0.25) is 0 Å². The van der Waals surface area contributed by atoms with Gasteiger partial charge in [-0.25, -0.2) is 0 Å². The fourth-order valence-electron chi connectivity index (χ4n) is 2.28. The minimum atomic E-state index is 0.577.